The highest BCUT2D eigenvalue weighted by molar-refractivity contribution is 14.1. The molecule has 2 heterocycles. The molecule has 2 saturated heterocycles. The van der Waals surface area contributed by atoms with Gasteiger partial charge in [0.1, 0.15) is 6.10 Å². The highest BCUT2D eigenvalue weighted by Crippen LogP contribution is 2.33. The molecule has 86 valence electrons. The minimum Gasteiger partial charge on any atom is -0.461 e. The van der Waals surface area contributed by atoms with Crippen molar-refractivity contribution in [2.24, 2.45) is 5.92 Å². The van der Waals surface area contributed by atoms with Gasteiger partial charge in [-0.3, -0.25) is 4.79 Å². The molecule has 2 aliphatic heterocycles. The average molecular weight is 328 g/mol. The fourth-order valence-electron chi connectivity index (χ4n) is 1.92. The monoisotopic (exact) mass is 328 g/mol. The summed E-state index contributed by atoms with van der Waals surface area (Å²) in [7, 11) is 0. The van der Waals surface area contributed by atoms with Crippen molar-refractivity contribution in [3.63, 3.8) is 0 Å². The number of carbonyl (C=O) groups excluding carboxylic acids is 1. The number of esters is 1. The van der Waals surface area contributed by atoms with E-state index in [4.69, 9.17) is 19.3 Å². The zero-order valence-corrected chi connectivity index (χ0v) is 10.3. The fraction of sp³-hybridized carbons (Fsp3) is 0.889. The molecule has 0 bridgehead atoms. The van der Waals surface area contributed by atoms with Crippen LogP contribution in [-0.4, -0.2) is 47.2 Å². The second-order valence-electron chi connectivity index (χ2n) is 3.63. The van der Waals surface area contributed by atoms with E-state index in [1.54, 1.807) is 0 Å². The van der Waals surface area contributed by atoms with Crippen LogP contribution in [0.4, 0.5) is 0 Å². The highest BCUT2D eigenvalue weighted by Gasteiger charge is 2.45. The molecule has 3 atom stereocenters. The third-order valence-electron chi connectivity index (χ3n) is 2.62. The Hall–Kier alpha value is 0.0800. The van der Waals surface area contributed by atoms with Crippen molar-refractivity contribution in [3.05, 3.63) is 0 Å². The number of aliphatic hydroxyl groups excluding tert-OH is 1. The molecular weight excluding hydrogens is 315 g/mol. The largest absolute Gasteiger partial charge is 0.461 e. The van der Waals surface area contributed by atoms with Gasteiger partial charge in [0.2, 0.25) is 0 Å². The number of carbonyl (C=O) groups is 1. The Kier molecular flexibility index (Phi) is 3.81. The molecule has 0 radical (unpaired) electrons. The van der Waals surface area contributed by atoms with Crippen LogP contribution in [-0.2, 0) is 19.0 Å². The van der Waals surface area contributed by atoms with Gasteiger partial charge in [-0.15, -0.1) is 0 Å². The number of hydrogen-bond acceptors (Lipinski definition) is 5. The van der Waals surface area contributed by atoms with Gasteiger partial charge in [0.05, 0.1) is 36.1 Å². The van der Waals surface area contributed by atoms with E-state index < -0.39 is 0 Å². The van der Waals surface area contributed by atoms with Crippen LogP contribution in [0.3, 0.4) is 0 Å². The molecule has 0 saturated carbocycles. The summed E-state index contributed by atoms with van der Waals surface area (Å²) >= 11 is 2.08. The smallest absolute Gasteiger partial charge is 0.306 e. The number of rotatable bonds is 3. The second-order valence-corrected chi connectivity index (χ2v) is 5.23. The Labute approximate surface area is 101 Å². The summed E-state index contributed by atoms with van der Waals surface area (Å²) in [5.41, 5.74) is 0. The molecule has 0 aromatic heterocycles. The van der Waals surface area contributed by atoms with E-state index in [0.717, 1.165) is 0 Å². The lowest BCUT2D eigenvalue weighted by Crippen LogP contribution is -2.36. The lowest BCUT2D eigenvalue weighted by molar-refractivity contribution is -0.142. The third kappa shape index (κ3) is 2.43. The van der Waals surface area contributed by atoms with Crippen molar-refractivity contribution in [2.75, 3.05) is 19.8 Å². The Morgan fingerprint density at radius 1 is 1.47 bits per heavy atom. The van der Waals surface area contributed by atoms with Crippen LogP contribution in [0.25, 0.3) is 0 Å². The van der Waals surface area contributed by atoms with Gasteiger partial charge in [0.15, 0.2) is 6.29 Å². The molecule has 5 nitrogen and oxygen atoms in total. The number of aliphatic hydroxyl groups is 1. The molecule has 0 aromatic carbocycles. The molecule has 0 unspecified atom stereocenters. The van der Waals surface area contributed by atoms with Gasteiger partial charge in [-0.2, -0.15) is 0 Å². The SMILES string of the molecule is O=C1C[C@@H](C2OCCO2)[C@H]([C@@H](I)CO)O1. The Morgan fingerprint density at radius 3 is 2.73 bits per heavy atom. The van der Waals surface area contributed by atoms with Crippen molar-refractivity contribution >= 4 is 28.6 Å². The van der Waals surface area contributed by atoms with Gasteiger partial charge >= 0.3 is 5.97 Å². The molecular formula is C9H13IO5. The van der Waals surface area contributed by atoms with Gasteiger partial charge in [0.25, 0.3) is 0 Å². The van der Waals surface area contributed by atoms with Crippen LogP contribution in [0.2, 0.25) is 0 Å². The molecule has 0 aromatic rings. The molecule has 2 rings (SSSR count). The van der Waals surface area contributed by atoms with Crippen LogP contribution in [0.1, 0.15) is 6.42 Å². The van der Waals surface area contributed by atoms with Crippen LogP contribution in [0.5, 0.6) is 0 Å². The van der Waals surface area contributed by atoms with Gasteiger partial charge in [0, 0.05) is 0 Å². The van der Waals surface area contributed by atoms with Crippen molar-refractivity contribution in [1.82, 2.24) is 0 Å². The van der Waals surface area contributed by atoms with Crippen molar-refractivity contribution in [3.8, 4) is 0 Å². The van der Waals surface area contributed by atoms with Crippen LogP contribution in [0.15, 0.2) is 0 Å². The summed E-state index contributed by atoms with van der Waals surface area (Å²) in [6.07, 6.45) is -0.342. The number of cyclic esters (lactones) is 1. The maximum atomic E-state index is 11.2. The molecule has 0 spiro atoms. The predicted octanol–water partition coefficient (Wildman–Crippen LogP) is 0.0869. The molecule has 2 aliphatic rings. The zero-order chi connectivity index (χ0) is 10.8. The summed E-state index contributed by atoms with van der Waals surface area (Å²) in [6.45, 7) is 1.11. The predicted molar refractivity (Wildman–Crippen MR) is 58.6 cm³/mol. The van der Waals surface area contributed by atoms with Gasteiger partial charge in [-0.25, -0.2) is 0 Å². The van der Waals surface area contributed by atoms with E-state index >= 15 is 0 Å². The molecule has 6 heteroatoms. The molecule has 0 aliphatic carbocycles. The Balaban J connectivity index is 2.03. The normalized spacial score (nSPS) is 34.4. The molecule has 0 amide bonds. The summed E-state index contributed by atoms with van der Waals surface area (Å²) in [5, 5.41) is 9.06. The fourth-order valence-corrected chi connectivity index (χ4v) is 2.60. The van der Waals surface area contributed by atoms with Crippen molar-refractivity contribution in [1.29, 1.82) is 0 Å². The first kappa shape index (κ1) is 11.6. The number of halogens is 1. The summed E-state index contributed by atoms with van der Waals surface area (Å²) in [5.74, 6) is -0.326. The summed E-state index contributed by atoms with van der Waals surface area (Å²) in [4.78, 5) is 11.2. The van der Waals surface area contributed by atoms with Crippen LogP contribution < -0.4 is 0 Å². The topological polar surface area (TPSA) is 65.0 Å². The minimum absolute atomic E-state index is 0.0122. The van der Waals surface area contributed by atoms with E-state index in [9.17, 15) is 4.79 Å². The maximum Gasteiger partial charge on any atom is 0.306 e. The minimum atomic E-state index is -0.356. The Morgan fingerprint density at radius 2 is 2.13 bits per heavy atom. The lowest BCUT2D eigenvalue weighted by Gasteiger charge is -2.24. The molecule has 1 N–H and O–H groups in total. The molecule has 15 heavy (non-hydrogen) atoms. The quantitative estimate of drug-likeness (QED) is 0.452. The van der Waals surface area contributed by atoms with E-state index in [1.165, 1.54) is 0 Å². The number of ether oxygens (including phenoxy) is 3. The lowest BCUT2D eigenvalue weighted by atomic mass is 9.98. The molecule has 2 fully saturated rings. The van der Waals surface area contributed by atoms with E-state index in [2.05, 4.69) is 22.6 Å². The van der Waals surface area contributed by atoms with Crippen LogP contribution >= 0.6 is 22.6 Å². The first-order valence-electron chi connectivity index (χ1n) is 4.90. The first-order chi connectivity index (χ1) is 7.22. The average Bonchev–Trinajstić information content (AvgIpc) is 2.84. The van der Waals surface area contributed by atoms with Crippen LogP contribution in [0, 0.1) is 5.92 Å². The zero-order valence-electron chi connectivity index (χ0n) is 8.10. The van der Waals surface area contributed by atoms with Crippen molar-refractivity contribution < 1.29 is 24.1 Å². The van der Waals surface area contributed by atoms with E-state index in [0.29, 0.717) is 19.6 Å². The maximum absolute atomic E-state index is 11.2. The van der Waals surface area contributed by atoms with Crippen molar-refractivity contribution in [2.45, 2.75) is 22.7 Å². The first-order valence-corrected chi connectivity index (χ1v) is 6.14. The van der Waals surface area contributed by atoms with Gasteiger partial charge < -0.3 is 19.3 Å². The summed E-state index contributed by atoms with van der Waals surface area (Å²) in [6, 6.07) is 0. The van der Waals surface area contributed by atoms with E-state index in [1.807, 2.05) is 0 Å². The number of alkyl halides is 1. The number of hydrogen-bond donors (Lipinski definition) is 1. The third-order valence-corrected chi connectivity index (χ3v) is 3.72. The van der Waals surface area contributed by atoms with Gasteiger partial charge in [-0.05, 0) is 0 Å². The van der Waals surface area contributed by atoms with E-state index in [-0.39, 0.29) is 34.8 Å². The van der Waals surface area contributed by atoms with Gasteiger partial charge in [-0.1, -0.05) is 22.6 Å². The Bertz CT molecular complexity index is 241. The highest BCUT2D eigenvalue weighted by atomic mass is 127. The summed E-state index contributed by atoms with van der Waals surface area (Å²) < 4.78 is 15.8. The standard InChI is InChI=1S/C9H13IO5/c10-6(4-11)8-5(3-7(12)15-8)9-13-1-2-14-9/h5-6,8-9,11H,1-4H2/t5-,6+,8-/m1/s1. The second kappa shape index (κ2) is 4.94.